The first-order chi connectivity index (χ1) is 9.81. The van der Waals surface area contributed by atoms with Crippen LogP contribution in [-0.2, 0) is 9.59 Å². The number of carboxylic acids is 2. The summed E-state index contributed by atoms with van der Waals surface area (Å²) < 4.78 is 0.827. The van der Waals surface area contributed by atoms with Gasteiger partial charge in [-0.1, -0.05) is 15.9 Å². The highest BCUT2D eigenvalue weighted by molar-refractivity contribution is 9.10. The summed E-state index contributed by atoms with van der Waals surface area (Å²) in [5.41, 5.74) is 1.11. The van der Waals surface area contributed by atoms with Crippen LogP contribution in [0.5, 0.6) is 0 Å². The zero-order chi connectivity index (χ0) is 16.0. The van der Waals surface area contributed by atoms with E-state index < -0.39 is 23.9 Å². The predicted molar refractivity (Wildman–Crippen MR) is 79.3 cm³/mol. The van der Waals surface area contributed by atoms with Crippen molar-refractivity contribution >= 4 is 33.8 Å². The number of benzene rings is 1. The average Bonchev–Trinajstić information content (AvgIpc) is 2.36. The van der Waals surface area contributed by atoms with E-state index in [2.05, 4.69) is 21.2 Å². The molecule has 0 fully saturated rings. The molecular weight excluding hydrogens is 342 g/mol. The Kier molecular flexibility index (Phi) is 6.36. The summed E-state index contributed by atoms with van der Waals surface area (Å²) in [5.74, 6) is -2.65. The normalized spacial score (nSPS) is 11.7. The van der Waals surface area contributed by atoms with Crippen LogP contribution in [0.15, 0.2) is 22.7 Å². The topological polar surface area (TPSA) is 104 Å². The number of aliphatic carboxylic acids is 2. The van der Waals surface area contributed by atoms with E-state index in [9.17, 15) is 14.4 Å². The van der Waals surface area contributed by atoms with E-state index in [1.807, 2.05) is 0 Å². The Hall–Kier alpha value is -1.89. The summed E-state index contributed by atoms with van der Waals surface area (Å²) in [6, 6.07) is 3.96. The lowest BCUT2D eigenvalue weighted by atomic mass is 10.1. The number of halogens is 1. The lowest BCUT2D eigenvalue weighted by Gasteiger charge is -2.15. The van der Waals surface area contributed by atoms with Gasteiger partial charge in [0.05, 0.1) is 0 Å². The number of aryl methyl sites for hydroxylation is 1. The van der Waals surface area contributed by atoms with Gasteiger partial charge in [-0.15, -0.1) is 0 Å². The van der Waals surface area contributed by atoms with Crippen LogP contribution in [0.2, 0.25) is 0 Å². The largest absolute Gasteiger partial charge is 0.481 e. The molecule has 0 saturated carbocycles. The van der Waals surface area contributed by atoms with Crippen molar-refractivity contribution in [3.8, 4) is 0 Å². The van der Waals surface area contributed by atoms with Crippen LogP contribution in [0, 0.1) is 6.92 Å². The van der Waals surface area contributed by atoms with Gasteiger partial charge in [0, 0.05) is 16.5 Å². The first-order valence-corrected chi connectivity index (χ1v) is 7.12. The van der Waals surface area contributed by atoms with Crippen LogP contribution >= 0.6 is 15.9 Å². The van der Waals surface area contributed by atoms with Gasteiger partial charge < -0.3 is 15.5 Å². The van der Waals surface area contributed by atoms with Crippen molar-refractivity contribution in [3.05, 3.63) is 33.8 Å². The molecule has 0 bridgehead atoms. The number of rotatable bonds is 7. The lowest BCUT2D eigenvalue weighted by molar-refractivity contribution is -0.140. The fourth-order valence-corrected chi connectivity index (χ4v) is 2.31. The van der Waals surface area contributed by atoms with Crippen LogP contribution in [0.25, 0.3) is 0 Å². The zero-order valence-corrected chi connectivity index (χ0v) is 13.0. The Morgan fingerprint density at radius 2 is 1.95 bits per heavy atom. The second-order valence-electron chi connectivity index (χ2n) is 4.61. The van der Waals surface area contributed by atoms with Gasteiger partial charge in [-0.05, 0) is 43.5 Å². The molecule has 3 N–H and O–H groups in total. The van der Waals surface area contributed by atoms with Crippen molar-refractivity contribution in [2.75, 3.05) is 0 Å². The second-order valence-corrected chi connectivity index (χ2v) is 5.53. The van der Waals surface area contributed by atoms with Crippen LogP contribution in [0.4, 0.5) is 0 Å². The number of carboxylic acid groups (broad SMARTS) is 2. The van der Waals surface area contributed by atoms with Gasteiger partial charge in [-0.3, -0.25) is 9.59 Å². The summed E-state index contributed by atoms with van der Waals surface area (Å²) in [7, 11) is 0. The van der Waals surface area contributed by atoms with E-state index in [-0.39, 0.29) is 19.3 Å². The van der Waals surface area contributed by atoms with Crippen molar-refractivity contribution in [2.24, 2.45) is 0 Å². The van der Waals surface area contributed by atoms with Crippen LogP contribution in [0.1, 0.15) is 35.2 Å². The van der Waals surface area contributed by atoms with Gasteiger partial charge in [-0.25, -0.2) is 4.79 Å². The SMILES string of the molecule is Cc1cc(Br)ccc1C(=O)N[C@H](CCCC(=O)O)C(=O)O. The molecular formula is C14H16BrNO5. The maximum Gasteiger partial charge on any atom is 0.326 e. The molecule has 1 amide bonds. The third-order valence-corrected chi connectivity index (χ3v) is 3.41. The van der Waals surface area contributed by atoms with E-state index in [1.54, 1.807) is 25.1 Å². The van der Waals surface area contributed by atoms with E-state index in [0.717, 1.165) is 10.0 Å². The van der Waals surface area contributed by atoms with Gasteiger partial charge in [0.15, 0.2) is 0 Å². The summed E-state index contributed by atoms with van der Waals surface area (Å²) >= 11 is 3.29. The Bertz CT molecular complexity index is 558. The molecule has 0 radical (unpaired) electrons. The maximum absolute atomic E-state index is 12.1. The van der Waals surface area contributed by atoms with Crippen molar-refractivity contribution in [1.29, 1.82) is 0 Å². The number of amides is 1. The molecule has 0 aliphatic heterocycles. The molecule has 1 aromatic rings. The molecule has 1 aromatic carbocycles. The summed E-state index contributed by atoms with van der Waals surface area (Å²) in [6.07, 6.45) is 0.131. The standard InChI is InChI=1S/C14H16BrNO5/c1-8-7-9(15)5-6-10(8)13(19)16-11(14(20)21)3-2-4-12(17)18/h5-7,11H,2-4H2,1H3,(H,16,19)(H,17,18)(H,20,21)/t11-/m1/s1. The van der Waals surface area contributed by atoms with Crippen LogP contribution in [0.3, 0.4) is 0 Å². The lowest BCUT2D eigenvalue weighted by Crippen LogP contribution is -2.41. The van der Waals surface area contributed by atoms with Crippen LogP contribution < -0.4 is 5.32 Å². The van der Waals surface area contributed by atoms with Crippen molar-refractivity contribution in [3.63, 3.8) is 0 Å². The monoisotopic (exact) mass is 357 g/mol. The van der Waals surface area contributed by atoms with Crippen molar-refractivity contribution < 1.29 is 24.6 Å². The number of nitrogens with one attached hydrogen (secondary N) is 1. The first-order valence-electron chi connectivity index (χ1n) is 6.33. The number of carbonyl (C=O) groups is 3. The number of hydrogen-bond donors (Lipinski definition) is 3. The number of hydrogen-bond acceptors (Lipinski definition) is 3. The molecule has 0 unspecified atom stereocenters. The fourth-order valence-electron chi connectivity index (χ4n) is 1.83. The highest BCUT2D eigenvalue weighted by atomic mass is 79.9. The van der Waals surface area contributed by atoms with Crippen molar-refractivity contribution in [2.45, 2.75) is 32.2 Å². The molecule has 0 aromatic heterocycles. The minimum atomic E-state index is -1.18. The fraction of sp³-hybridized carbons (Fsp3) is 0.357. The molecule has 7 heteroatoms. The second kappa shape index (κ2) is 7.78. The summed E-state index contributed by atoms with van der Waals surface area (Å²) in [6.45, 7) is 1.75. The van der Waals surface area contributed by atoms with Crippen molar-refractivity contribution in [1.82, 2.24) is 5.32 Å². The number of carbonyl (C=O) groups excluding carboxylic acids is 1. The van der Waals surface area contributed by atoms with E-state index in [0.29, 0.717) is 5.56 Å². The Balaban J connectivity index is 2.72. The minimum Gasteiger partial charge on any atom is -0.481 e. The molecule has 0 aliphatic carbocycles. The zero-order valence-electron chi connectivity index (χ0n) is 11.4. The molecule has 21 heavy (non-hydrogen) atoms. The maximum atomic E-state index is 12.1. The molecule has 6 nitrogen and oxygen atoms in total. The molecule has 0 saturated heterocycles. The first kappa shape index (κ1) is 17.2. The Morgan fingerprint density at radius 1 is 1.29 bits per heavy atom. The molecule has 1 rings (SSSR count). The minimum absolute atomic E-state index is 0.0724. The smallest absolute Gasteiger partial charge is 0.326 e. The van der Waals surface area contributed by atoms with Gasteiger partial charge in [-0.2, -0.15) is 0 Å². The third-order valence-electron chi connectivity index (χ3n) is 2.92. The molecule has 0 heterocycles. The average molecular weight is 358 g/mol. The highest BCUT2D eigenvalue weighted by Crippen LogP contribution is 2.16. The van der Waals surface area contributed by atoms with Gasteiger partial charge in [0.1, 0.15) is 6.04 Å². The third kappa shape index (κ3) is 5.55. The molecule has 0 spiro atoms. The van der Waals surface area contributed by atoms with Crippen LogP contribution in [-0.4, -0.2) is 34.1 Å². The quantitative estimate of drug-likeness (QED) is 0.693. The van der Waals surface area contributed by atoms with E-state index in [4.69, 9.17) is 10.2 Å². The highest BCUT2D eigenvalue weighted by Gasteiger charge is 2.21. The van der Waals surface area contributed by atoms with E-state index >= 15 is 0 Å². The van der Waals surface area contributed by atoms with Gasteiger partial charge >= 0.3 is 11.9 Å². The summed E-state index contributed by atoms with van der Waals surface area (Å²) in [4.78, 5) is 33.6. The molecule has 0 aliphatic rings. The molecule has 114 valence electrons. The van der Waals surface area contributed by atoms with Gasteiger partial charge in [0.2, 0.25) is 0 Å². The Labute approximate surface area is 130 Å². The predicted octanol–water partition coefficient (Wildman–Crippen LogP) is 2.20. The molecule has 1 atom stereocenters. The van der Waals surface area contributed by atoms with E-state index in [1.165, 1.54) is 0 Å². The van der Waals surface area contributed by atoms with Gasteiger partial charge in [0.25, 0.3) is 5.91 Å². The Morgan fingerprint density at radius 3 is 2.48 bits per heavy atom. The summed E-state index contributed by atoms with van der Waals surface area (Å²) in [5, 5.41) is 20.0.